The molecule has 0 heterocycles. The van der Waals surface area contributed by atoms with Crippen molar-refractivity contribution in [2.24, 2.45) is 0 Å². The third-order valence-electron chi connectivity index (χ3n) is 4.07. The second-order valence-corrected chi connectivity index (χ2v) is 7.49. The van der Waals surface area contributed by atoms with E-state index in [4.69, 9.17) is 23.2 Å². The van der Waals surface area contributed by atoms with E-state index in [-0.39, 0.29) is 0 Å². The Morgan fingerprint density at radius 3 is 2.71 bits per heavy atom. The molecular weight excluding hydrogens is 371 g/mol. The Morgan fingerprint density at radius 1 is 1.10 bits per heavy atom. The summed E-state index contributed by atoms with van der Waals surface area (Å²) in [5, 5.41) is 12.3. The van der Waals surface area contributed by atoms with Crippen molar-refractivity contribution in [3.63, 3.8) is 0 Å². The Hall–Kier alpha value is -0.540. The quantitative estimate of drug-likeness (QED) is 0.751. The highest BCUT2D eigenvalue weighted by Gasteiger charge is 2.32. The fourth-order valence-corrected chi connectivity index (χ4v) is 3.78. The zero-order chi connectivity index (χ0) is 15.0. The molecule has 0 fully saturated rings. The summed E-state index contributed by atoms with van der Waals surface area (Å²) in [5.41, 5.74) is 2.68. The third kappa shape index (κ3) is 3.45. The summed E-state index contributed by atoms with van der Waals surface area (Å²) < 4.78 is 1.09. The minimum absolute atomic E-state index is 0.530. The lowest BCUT2D eigenvalue weighted by atomic mass is 9.77. The number of fused-ring (bicyclic) bond motifs is 1. The van der Waals surface area contributed by atoms with Gasteiger partial charge in [0.05, 0.1) is 5.60 Å². The van der Waals surface area contributed by atoms with Gasteiger partial charge in [-0.3, -0.25) is 0 Å². The van der Waals surface area contributed by atoms with Crippen LogP contribution in [0.1, 0.15) is 23.1 Å². The van der Waals surface area contributed by atoms with Gasteiger partial charge in [-0.1, -0.05) is 45.2 Å². The van der Waals surface area contributed by atoms with Crippen molar-refractivity contribution in [2.75, 3.05) is 0 Å². The molecule has 1 aliphatic carbocycles. The number of hydrogen-bond acceptors (Lipinski definition) is 1. The SMILES string of the molecule is OC1(Cc2cc(Cl)ccc2Cl)CCc2cc(Br)ccc2C1. The molecule has 1 atom stereocenters. The van der Waals surface area contributed by atoms with E-state index in [1.54, 1.807) is 12.1 Å². The van der Waals surface area contributed by atoms with Crippen LogP contribution >= 0.6 is 39.1 Å². The number of benzene rings is 2. The van der Waals surface area contributed by atoms with Gasteiger partial charge in [0, 0.05) is 27.4 Å². The summed E-state index contributed by atoms with van der Waals surface area (Å²) in [6, 6.07) is 11.7. The van der Waals surface area contributed by atoms with Gasteiger partial charge in [0.2, 0.25) is 0 Å². The molecule has 1 N–H and O–H groups in total. The van der Waals surface area contributed by atoms with E-state index in [0.29, 0.717) is 22.9 Å². The minimum Gasteiger partial charge on any atom is -0.389 e. The first kappa shape index (κ1) is 15.4. The van der Waals surface area contributed by atoms with Gasteiger partial charge in [0.15, 0.2) is 0 Å². The van der Waals surface area contributed by atoms with Crippen LogP contribution in [0, 0.1) is 0 Å². The molecule has 1 aliphatic rings. The molecule has 2 aromatic carbocycles. The van der Waals surface area contributed by atoms with Crippen molar-refractivity contribution in [1.82, 2.24) is 0 Å². The highest BCUT2D eigenvalue weighted by atomic mass is 79.9. The van der Waals surface area contributed by atoms with Gasteiger partial charge in [-0.15, -0.1) is 0 Å². The van der Waals surface area contributed by atoms with Crippen LogP contribution < -0.4 is 0 Å². The van der Waals surface area contributed by atoms with Gasteiger partial charge >= 0.3 is 0 Å². The summed E-state index contributed by atoms with van der Waals surface area (Å²) in [4.78, 5) is 0. The number of rotatable bonds is 2. The first-order valence-electron chi connectivity index (χ1n) is 6.89. The van der Waals surface area contributed by atoms with Gasteiger partial charge in [0.1, 0.15) is 0 Å². The highest BCUT2D eigenvalue weighted by Crippen LogP contribution is 2.34. The van der Waals surface area contributed by atoms with Crippen LogP contribution in [-0.4, -0.2) is 10.7 Å². The predicted molar refractivity (Wildman–Crippen MR) is 91.3 cm³/mol. The number of aryl methyl sites for hydroxylation is 1. The Kier molecular flexibility index (Phi) is 4.33. The highest BCUT2D eigenvalue weighted by molar-refractivity contribution is 9.10. The van der Waals surface area contributed by atoms with Crippen molar-refractivity contribution in [1.29, 1.82) is 0 Å². The molecule has 0 aliphatic heterocycles. The smallest absolute Gasteiger partial charge is 0.0731 e. The van der Waals surface area contributed by atoms with Crippen molar-refractivity contribution >= 4 is 39.1 Å². The fourth-order valence-electron chi connectivity index (χ4n) is 2.99. The Labute approximate surface area is 143 Å². The van der Waals surface area contributed by atoms with Crippen LogP contribution in [-0.2, 0) is 19.3 Å². The van der Waals surface area contributed by atoms with Crippen LogP contribution in [0.4, 0.5) is 0 Å². The normalized spacial score (nSPS) is 21.1. The van der Waals surface area contributed by atoms with E-state index >= 15 is 0 Å². The van der Waals surface area contributed by atoms with E-state index in [1.807, 2.05) is 12.1 Å². The average molecular weight is 386 g/mol. The summed E-state index contributed by atoms with van der Waals surface area (Å²) in [7, 11) is 0. The maximum atomic E-state index is 10.9. The first-order valence-corrected chi connectivity index (χ1v) is 8.44. The van der Waals surface area contributed by atoms with Gasteiger partial charge in [-0.05, 0) is 59.9 Å². The first-order chi connectivity index (χ1) is 9.95. The Balaban J connectivity index is 1.86. The topological polar surface area (TPSA) is 20.2 Å². The average Bonchev–Trinajstić information content (AvgIpc) is 2.43. The maximum Gasteiger partial charge on any atom is 0.0731 e. The molecule has 3 rings (SSSR count). The molecule has 0 spiro atoms. The second kappa shape index (κ2) is 5.92. The summed E-state index contributed by atoms with van der Waals surface area (Å²) >= 11 is 15.8. The molecule has 4 heteroatoms. The zero-order valence-electron chi connectivity index (χ0n) is 11.4. The lowest BCUT2D eigenvalue weighted by Crippen LogP contribution is -2.38. The molecule has 0 amide bonds. The van der Waals surface area contributed by atoms with E-state index in [1.165, 1.54) is 11.1 Å². The van der Waals surface area contributed by atoms with E-state index in [2.05, 4.69) is 28.1 Å². The van der Waals surface area contributed by atoms with Crippen molar-refractivity contribution in [2.45, 2.75) is 31.3 Å². The number of aliphatic hydroxyl groups is 1. The molecule has 0 bridgehead atoms. The predicted octanol–water partition coefficient (Wildman–Crippen LogP) is 5.22. The summed E-state index contributed by atoms with van der Waals surface area (Å²) in [6.45, 7) is 0. The van der Waals surface area contributed by atoms with E-state index in [9.17, 15) is 5.11 Å². The van der Waals surface area contributed by atoms with Crippen LogP contribution in [0.25, 0.3) is 0 Å². The molecule has 110 valence electrons. The minimum atomic E-state index is -0.755. The molecule has 0 aromatic heterocycles. The van der Waals surface area contributed by atoms with Crippen LogP contribution in [0.3, 0.4) is 0 Å². The van der Waals surface area contributed by atoms with Crippen molar-refractivity contribution in [3.05, 3.63) is 67.6 Å². The molecule has 1 nitrogen and oxygen atoms in total. The van der Waals surface area contributed by atoms with E-state index in [0.717, 1.165) is 22.9 Å². The molecule has 0 saturated heterocycles. The lowest BCUT2D eigenvalue weighted by Gasteiger charge is -2.34. The lowest BCUT2D eigenvalue weighted by molar-refractivity contribution is 0.0267. The van der Waals surface area contributed by atoms with Gasteiger partial charge in [-0.25, -0.2) is 0 Å². The molecule has 2 aromatic rings. The van der Waals surface area contributed by atoms with Crippen molar-refractivity contribution in [3.8, 4) is 0 Å². The molecule has 0 radical (unpaired) electrons. The van der Waals surface area contributed by atoms with Gasteiger partial charge < -0.3 is 5.11 Å². The third-order valence-corrected chi connectivity index (χ3v) is 5.17. The maximum absolute atomic E-state index is 10.9. The van der Waals surface area contributed by atoms with E-state index < -0.39 is 5.60 Å². The fraction of sp³-hybridized carbons (Fsp3) is 0.294. The largest absolute Gasteiger partial charge is 0.389 e. The second-order valence-electron chi connectivity index (χ2n) is 5.73. The Morgan fingerprint density at radius 2 is 1.90 bits per heavy atom. The number of halogens is 3. The van der Waals surface area contributed by atoms with Crippen LogP contribution in [0.5, 0.6) is 0 Å². The summed E-state index contributed by atoms with van der Waals surface area (Å²) in [6.07, 6.45) is 2.79. The summed E-state index contributed by atoms with van der Waals surface area (Å²) in [5.74, 6) is 0. The monoisotopic (exact) mass is 384 g/mol. The molecule has 1 unspecified atom stereocenters. The van der Waals surface area contributed by atoms with Crippen LogP contribution in [0.15, 0.2) is 40.9 Å². The van der Waals surface area contributed by atoms with Crippen LogP contribution in [0.2, 0.25) is 10.0 Å². The molecule has 21 heavy (non-hydrogen) atoms. The van der Waals surface area contributed by atoms with Gasteiger partial charge in [-0.2, -0.15) is 0 Å². The van der Waals surface area contributed by atoms with Crippen molar-refractivity contribution < 1.29 is 5.11 Å². The standard InChI is InChI=1S/C17H15BrCl2O/c18-14-2-1-12-9-17(21,6-5-11(12)7-14)10-13-8-15(19)3-4-16(13)20/h1-4,7-8,21H,5-6,9-10H2. The molecule has 0 saturated carbocycles. The number of hydrogen-bond donors (Lipinski definition) is 1. The zero-order valence-corrected chi connectivity index (χ0v) is 14.5. The van der Waals surface area contributed by atoms with Gasteiger partial charge in [0.25, 0.3) is 0 Å². The molecular formula is C17H15BrCl2O. The Bertz CT molecular complexity index is 686.